The topological polar surface area (TPSA) is 44.1 Å². The number of halogens is 1. The monoisotopic (exact) mass is 450 g/mol. The summed E-state index contributed by atoms with van der Waals surface area (Å²) in [6.07, 6.45) is 0. The van der Waals surface area contributed by atoms with E-state index in [2.05, 4.69) is 39.8 Å². The number of ether oxygens (including phenoxy) is 1. The van der Waals surface area contributed by atoms with Gasteiger partial charge in [-0.2, -0.15) is 5.10 Å². The van der Waals surface area contributed by atoms with Gasteiger partial charge in [0.05, 0.1) is 23.2 Å². The average molecular weight is 450 g/mol. The molecule has 4 nitrogen and oxygen atoms in total. The summed E-state index contributed by atoms with van der Waals surface area (Å²) in [5.41, 5.74) is 2.19. The molecule has 3 aromatic rings. The minimum atomic E-state index is -0.482. The van der Waals surface area contributed by atoms with Gasteiger partial charge in [-0.15, -0.1) is 0 Å². The van der Waals surface area contributed by atoms with Crippen LogP contribution in [0.3, 0.4) is 0 Å². The Labute approximate surface area is 158 Å². The van der Waals surface area contributed by atoms with E-state index in [9.17, 15) is 4.79 Å². The van der Waals surface area contributed by atoms with Crippen LogP contribution >= 0.6 is 34.8 Å². The molecule has 0 fully saturated rings. The van der Waals surface area contributed by atoms with Crippen molar-refractivity contribution in [3.05, 3.63) is 67.9 Å². The third kappa shape index (κ3) is 3.49. The van der Waals surface area contributed by atoms with Crippen LogP contribution in [0.4, 0.5) is 0 Å². The van der Waals surface area contributed by atoms with Crippen molar-refractivity contribution < 1.29 is 9.53 Å². The maximum Gasteiger partial charge on any atom is 0.360 e. The minimum Gasteiger partial charge on any atom is -0.461 e. The number of nitrogens with zero attached hydrogens (tertiary/aromatic N) is 2. The molecule has 0 unspecified atom stereocenters. The second-order valence-electron chi connectivity index (χ2n) is 5.20. The maximum atomic E-state index is 12.2. The van der Waals surface area contributed by atoms with Crippen molar-refractivity contribution in [3.63, 3.8) is 0 Å². The Morgan fingerprint density at radius 3 is 2.62 bits per heavy atom. The highest BCUT2D eigenvalue weighted by atomic mass is 127. The zero-order valence-electron chi connectivity index (χ0n) is 13.0. The van der Waals surface area contributed by atoms with Crippen LogP contribution in [0.15, 0.2) is 48.5 Å². The molecule has 0 N–H and O–H groups in total. The van der Waals surface area contributed by atoms with E-state index in [0.717, 1.165) is 16.5 Å². The van der Waals surface area contributed by atoms with Crippen LogP contribution in [0.5, 0.6) is 0 Å². The summed E-state index contributed by atoms with van der Waals surface area (Å²) in [6, 6.07) is 15.9. The molecule has 2 aromatic carbocycles. The zero-order valence-corrected chi connectivity index (χ0v) is 16.0. The van der Waals surface area contributed by atoms with Gasteiger partial charge in [0, 0.05) is 8.96 Å². The number of fused-ring (bicyclic) bond motifs is 1. The van der Waals surface area contributed by atoms with Crippen molar-refractivity contribution in [3.8, 4) is 0 Å². The predicted molar refractivity (Wildman–Crippen MR) is 105 cm³/mol. The molecular weight excluding hydrogens is 435 g/mol. The third-order valence-corrected chi connectivity index (χ3v) is 4.71. The standard InChI is InChI=1S/C18H15IN2O2S/c1-2-23-18(22)16-17(24)14-5-3-4-6-15(14)21(20-16)11-12-7-9-13(19)10-8-12/h3-10H,2,11H2,1H3. The van der Waals surface area contributed by atoms with Crippen molar-refractivity contribution in [1.82, 2.24) is 9.78 Å². The van der Waals surface area contributed by atoms with Crippen LogP contribution < -0.4 is 0 Å². The van der Waals surface area contributed by atoms with Gasteiger partial charge in [-0.05, 0) is 53.3 Å². The molecule has 0 bridgehead atoms. The first-order valence-electron chi connectivity index (χ1n) is 7.51. The Balaban J connectivity index is 2.15. The molecule has 1 aromatic heterocycles. The first-order valence-corrected chi connectivity index (χ1v) is 9.00. The van der Waals surface area contributed by atoms with E-state index in [1.807, 2.05) is 36.4 Å². The molecule has 0 aliphatic heterocycles. The number of carbonyl (C=O) groups is 1. The highest BCUT2D eigenvalue weighted by Crippen LogP contribution is 2.19. The van der Waals surface area contributed by atoms with Crippen LogP contribution in [0.1, 0.15) is 23.0 Å². The summed E-state index contributed by atoms with van der Waals surface area (Å²) in [5, 5.41) is 5.30. The zero-order chi connectivity index (χ0) is 17.1. The van der Waals surface area contributed by atoms with Crippen LogP contribution in [0, 0.1) is 8.08 Å². The van der Waals surface area contributed by atoms with Crippen molar-refractivity contribution in [2.24, 2.45) is 0 Å². The van der Waals surface area contributed by atoms with Gasteiger partial charge in [0.25, 0.3) is 0 Å². The number of hydrogen-bond donors (Lipinski definition) is 0. The Kier molecular flexibility index (Phi) is 5.25. The molecule has 0 amide bonds. The Morgan fingerprint density at radius 2 is 1.92 bits per heavy atom. The van der Waals surface area contributed by atoms with Gasteiger partial charge >= 0.3 is 5.97 Å². The average Bonchev–Trinajstić information content (AvgIpc) is 2.59. The molecule has 0 radical (unpaired) electrons. The van der Waals surface area contributed by atoms with E-state index in [1.165, 1.54) is 3.57 Å². The van der Waals surface area contributed by atoms with Crippen LogP contribution in [0.25, 0.3) is 10.9 Å². The number of hydrogen-bond acceptors (Lipinski definition) is 4. The molecule has 24 heavy (non-hydrogen) atoms. The number of esters is 1. The van der Waals surface area contributed by atoms with Gasteiger partial charge in [-0.3, -0.25) is 4.68 Å². The number of benzene rings is 2. The lowest BCUT2D eigenvalue weighted by Crippen LogP contribution is -2.15. The van der Waals surface area contributed by atoms with E-state index in [0.29, 0.717) is 17.7 Å². The van der Waals surface area contributed by atoms with E-state index >= 15 is 0 Å². The summed E-state index contributed by atoms with van der Waals surface area (Å²) in [5.74, 6) is -0.482. The molecule has 0 aliphatic carbocycles. The Hall–Kier alpha value is -1.80. The summed E-state index contributed by atoms with van der Waals surface area (Å²) in [4.78, 5) is 12.2. The lowest BCUT2D eigenvalue weighted by atomic mass is 10.2. The molecule has 6 heteroatoms. The van der Waals surface area contributed by atoms with Crippen LogP contribution in [-0.2, 0) is 11.3 Å². The van der Waals surface area contributed by atoms with Crippen molar-refractivity contribution in [2.75, 3.05) is 6.61 Å². The Morgan fingerprint density at radius 1 is 1.21 bits per heavy atom. The quantitative estimate of drug-likeness (QED) is 0.331. The summed E-state index contributed by atoms with van der Waals surface area (Å²) < 4.78 is 8.51. The lowest BCUT2D eigenvalue weighted by molar-refractivity contribution is 0.0516. The largest absolute Gasteiger partial charge is 0.461 e. The van der Waals surface area contributed by atoms with Gasteiger partial charge in [0.15, 0.2) is 5.69 Å². The highest BCUT2D eigenvalue weighted by Gasteiger charge is 2.16. The van der Waals surface area contributed by atoms with Gasteiger partial charge in [0.1, 0.15) is 0 Å². The molecule has 0 saturated heterocycles. The molecule has 1 heterocycles. The van der Waals surface area contributed by atoms with Crippen molar-refractivity contribution in [2.45, 2.75) is 13.5 Å². The van der Waals surface area contributed by atoms with Gasteiger partial charge in [0.2, 0.25) is 0 Å². The first-order chi connectivity index (χ1) is 11.6. The highest BCUT2D eigenvalue weighted by molar-refractivity contribution is 14.1. The molecule has 0 atom stereocenters. The maximum absolute atomic E-state index is 12.2. The fraction of sp³-hybridized carbons (Fsp3) is 0.167. The second-order valence-corrected chi connectivity index (χ2v) is 6.85. The van der Waals surface area contributed by atoms with Crippen LogP contribution in [-0.4, -0.2) is 22.4 Å². The SMILES string of the molecule is CCOC(=O)c1nn(Cc2ccc(I)cc2)c2ccccc2c1=S. The first kappa shape index (κ1) is 17.0. The number of rotatable bonds is 4. The van der Waals surface area contributed by atoms with Gasteiger partial charge in [-0.1, -0.05) is 42.5 Å². The number of carbonyl (C=O) groups excluding carboxylic acids is 1. The fourth-order valence-electron chi connectivity index (χ4n) is 2.45. The number of para-hydroxylation sites is 1. The van der Waals surface area contributed by atoms with E-state index in [-0.39, 0.29) is 5.69 Å². The molecule has 3 rings (SSSR count). The summed E-state index contributed by atoms with van der Waals surface area (Å²) in [6.45, 7) is 2.61. The fourth-order valence-corrected chi connectivity index (χ4v) is 3.11. The van der Waals surface area contributed by atoms with Crippen molar-refractivity contribution >= 4 is 51.7 Å². The van der Waals surface area contributed by atoms with Crippen molar-refractivity contribution in [1.29, 1.82) is 0 Å². The third-order valence-electron chi connectivity index (χ3n) is 3.58. The lowest BCUT2D eigenvalue weighted by Gasteiger charge is -2.13. The summed E-state index contributed by atoms with van der Waals surface area (Å²) in [7, 11) is 0. The normalized spacial score (nSPS) is 10.8. The minimum absolute atomic E-state index is 0.191. The van der Waals surface area contributed by atoms with Gasteiger partial charge in [-0.25, -0.2) is 4.79 Å². The Bertz CT molecular complexity index is 951. The van der Waals surface area contributed by atoms with Crippen LogP contribution in [0.2, 0.25) is 0 Å². The molecule has 122 valence electrons. The second kappa shape index (κ2) is 7.40. The predicted octanol–water partition coefficient (Wildman–Crippen LogP) is 4.60. The van der Waals surface area contributed by atoms with E-state index in [4.69, 9.17) is 17.0 Å². The smallest absolute Gasteiger partial charge is 0.360 e. The molecule has 0 spiro atoms. The van der Waals surface area contributed by atoms with E-state index in [1.54, 1.807) is 11.6 Å². The molecule has 0 aliphatic rings. The summed E-state index contributed by atoms with van der Waals surface area (Å²) >= 11 is 7.72. The van der Waals surface area contributed by atoms with E-state index < -0.39 is 5.97 Å². The molecular formula is C18H15IN2O2S. The van der Waals surface area contributed by atoms with Gasteiger partial charge < -0.3 is 4.74 Å². The molecule has 0 saturated carbocycles. The number of aromatic nitrogens is 2.